The second-order valence-electron chi connectivity index (χ2n) is 14.3. The summed E-state index contributed by atoms with van der Waals surface area (Å²) in [6.07, 6.45) is 0.342. The zero-order valence-corrected chi connectivity index (χ0v) is 33.5. The van der Waals surface area contributed by atoms with Gasteiger partial charge in [-0.3, -0.25) is 19.3 Å². The van der Waals surface area contributed by atoms with Gasteiger partial charge in [0.15, 0.2) is 18.5 Å². The summed E-state index contributed by atoms with van der Waals surface area (Å²) in [5, 5.41) is 21.0. The largest absolute Gasteiger partial charge is 0.483 e. The van der Waals surface area contributed by atoms with E-state index < -0.39 is 29.9 Å². The molecule has 0 fully saturated rings. The predicted octanol–water partition coefficient (Wildman–Crippen LogP) is 9.68. The van der Waals surface area contributed by atoms with Gasteiger partial charge < -0.3 is 20.5 Å². The number of carboxylic acid groups (broad SMARTS) is 1. The van der Waals surface area contributed by atoms with Gasteiger partial charge >= 0.3 is 6.09 Å². The predicted molar refractivity (Wildman–Crippen MR) is 218 cm³/mol. The first-order valence-corrected chi connectivity index (χ1v) is 18.7. The number of benzene rings is 4. The zero-order valence-electron chi connectivity index (χ0n) is 31.2. The van der Waals surface area contributed by atoms with Crippen molar-refractivity contribution in [1.29, 1.82) is 0 Å². The first kappa shape index (κ1) is 41.1. The van der Waals surface area contributed by atoms with Crippen molar-refractivity contribution < 1.29 is 29.0 Å². The highest BCUT2D eigenvalue weighted by atomic mass is 35.5. The van der Waals surface area contributed by atoms with Crippen LogP contribution in [0.3, 0.4) is 0 Å². The van der Waals surface area contributed by atoms with Crippen LogP contribution in [0.15, 0.2) is 90.0 Å². The van der Waals surface area contributed by atoms with Crippen molar-refractivity contribution >= 4 is 81.5 Å². The molecule has 1 atom stereocenters. The van der Waals surface area contributed by atoms with Crippen molar-refractivity contribution in [2.24, 2.45) is 5.10 Å². The van der Waals surface area contributed by atoms with Crippen LogP contribution in [-0.4, -0.2) is 47.4 Å². The number of hydrogen-bond acceptors (Lipinski definition) is 6. The Bertz CT molecular complexity index is 2130. The molecule has 1 unspecified atom stereocenters. The monoisotopic (exact) mass is 805 g/mol. The molecule has 11 nitrogen and oxygen atoms in total. The Morgan fingerprint density at radius 3 is 2.13 bits per heavy atom. The number of nitrogens with zero attached hydrogens (tertiary/aromatic N) is 3. The average Bonchev–Trinajstić information content (AvgIpc) is 3.44. The number of rotatable bonds is 12. The number of ether oxygens (including phenoxy) is 1. The molecular weight excluding hydrogens is 765 g/mol. The Labute approximate surface area is 335 Å². The van der Waals surface area contributed by atoms with E-state index in [4.69, 9.17) is 39.5 Å². The fourth-order valence-electron chi connectivity index (χ4n) is 5.89. The summed E-state index contributed by atoms with van der Waals surface area (Å²) in [6.45, 7) is 12.7. The second kappa shape index (κ2) is 16.7. The molecule has 0 aliphatic carbocycles. The Balaban J connectivity index is 1.38. The lowest BCUT2D eigenvalue weighted by molar-refractivity contribution is -0.118. The Hall–Kier alpha value is -5.10. The minimum absolute atomic E-state index is 0.0261. The Kier molecular flexibility index (Phi) is 12.5. The number of amides is 4. The zero-order chi connectivity index (χ0) is 40.2. The van der Waals surface area contributed by atoms with Gasteiger partial charge in [-0.05, 0) is 77.8 Å². The van der Waals surface area contributed by atoms with Gasteiger partial charge in [-0.15, -0.1) is 5.10 Å². The molecule has 1 aliphatic rings. The van der Waals surface area contributed by atoms with Crippen molar-refractivity contribution in [3.63, 3.8) is 0 Å². The van der Waals surface area contributed by atoms with E-state index in [0.717, 1.165) is 28.3 Å². The molecule has 1 aliphatic heterocycles. The molecule has 0 bridgehead atoms. The molecule has 0 radical (unpaired) electrons. The van der Waals surface area contributed by atoms with Crippen LogP contribution < -0.4 is 25.3 Å². The van der Waals surface area contributed by atoms with E-state index in [9.17, 15) is 24.3 Å². The summed E-state index contributed by atoms with van der Waals surface area (Å²) in [6, 6.07) is 21.2. The van der Waals surface area contributed by atoms with Crippen LogP contribution in [0.4, 0.5) is 21.9 Å². The summed E-state index contributed by atoms with van der Waals surface area (Å²) in [5.41, 5.74) is 2.45. The first-order chi connectivity index (χ1) is 26.0. The third-order valence-electron chi connectivity index (χ3n) is 9.87. The maximum Gasteiger partial charge on any atom is 0.412 e. The molecular formula is C41H42Cl3N5O6. The third-order valence-corrected chi connectivity index (χ3v) is 10.7. The molecule has 1 heterocycles. The maximum absolute atomic E-state index is 14.0. The second-order valence-corrected chi connectivity index (χ2v) is 15.6. The topological polar surface area (TPSA) is 141 Å². The number of anilines is 3. The molecule has 0 spiro atoms. The number of nitrogens with one attached hydrogen (secondary N) is 2. The van der Waals surface area contributed by atoms with Crippen LogP contribution >= 0.6 is 34.8 Å². The smallest absolute Gasteiger partial charge is 0.412 e. The molecule has 4 aromatic rings. The van der Waals surface area contributed by atoms with Gasteiger partial charge in [-0.1, -0.05) is 113 Å². The molecule has 0 saturated carbocycles. The normalized spacial score (nSPS) is 14.3. The van der Waals surface area contributed by atoms with E-state index in [2.05, 4.69) is 63.3 Å². The molecule has 288 valence electrons. The summed E-state index contributed by atoms with van der Waals surface area (Å²) in [7, 11) is 0. The molecule has 3 N–H and O–H groups in total. The highest BCUT2D eigenvalue weighted by molar-refractivity contribution is 6.43. The number of para-hydroxylation sites is 1. The number of amidine groups is 1. The summed E-state index contributed by atoms with van der Waals surface area (Å²) < 4.78 is 6.07. The molecule has 5 rings (SSSR count). The minimum Gasteiger partial charge on any atom is -0.483 e. The van der Waals surface area contributed by atoms with E-state index in [0.29, 0.717) is 11.4 Å². The lowest BCUT2D eigenvalue weighted by Crippen LogP contribution is -2.53. The summed E-state index contributed by atoms with van der Waals surface area (Å²) in [4.78, 5) is 54.3. The number of carbonyl (C=O) groups is 4. The van der Waals surface area contributed by atoms with Crippen LogP contribution in [0.5, 0.6) is 5.75 Å². The van der Waals surface area contributed by atoms with Crippen molar-refractivity contribution in [1.82, 2.24) is 5.32 Å². The van der Waals surface area contributed by atoms with E-state index in [1.54, 1.807) is 30.3 Å². The number of carbonyl (C=O) groups excluding carboxylic acids is 3. The minimum atomic E-state index is -1.64. The third kappa shape index (κ3) is 9.07. The molecule has 0 aromatic heterocycles. The van der Waals surface area contributed by atoms with Gasteiger partial charge in [-0.25, -0.2) is 4.79 Å². The van der Waals surface area contributed by atoms with Crippen LogP contribution in [0.2, 0.25) is 15.1 Å². The lowest BCUT2D eigenvalue weighted by Gasteiger charge is -2.30. The van der Waals surface area contributed by atoms with Gasteiger partial charge in [-0.2, -0.15) is 5.01 Å². The number of hydrazone groups is 1. The Morgan fingerprint density at radius 2 is 1.51 bits per heavy atom. The van der Waals surface area contributed by atoms with Gasteiger partial charge in [0, 0.05) is 27.5 Å². The molecule has 55 heavy (non-hydrogen) atoms. The molecule has 14 heteroatoms. The number of hydrogen-bond donors (Lipinski definition) is 3. The van der Waals surface area contributed by atoms with E-state index in [1.165, 1.54) is 42.0 Å². The standard InChI is InChI=1S/C41H42Cl3N5O6/c1-7-40(3,4)25-17-18-32(29(20-25)41(5,6)8-2)55-23-33(50)45-27-14-12-13-24(19-27)37(51)46-36-35(48(39(53)54)28-15-10-9-11-16-28)38(52)49(47-36)34-30(43)21-26(42)22-31(34)44/h9-22,35H,7-8,23H2,1-6H3,(H,45,50)(H,53,54)(H,46,47,51). The van der Waals surface area contributed by atoms with Crippen LogP contribution in [0, 0.1) is 0 Å². The van der Waals surface area contributed by atoms with Crippen molar-refractivity contribution in [2.45, 2.75) is 71.3 Å². The van der Waals surface area contributed by atoms with Crippen LogP contribution in [0.25, 0.3) is 0 Å². The SMILES string of the molecule is CCC(C)(C)c1ccc(OCC(=O)Nc2cccc(C(=O)NC3=NN(c4c(Cl)cc(Cl)cc4Cl)C(=O)C3N(C(=O)O)c3ccccc3)c2)c(C(C)(C)CC)c1. The van der Waals surface area contributed by atoms with E-state index in [-0.39, 0.29) is 55.3 Å². The quantitative estimate of drug-likeness (QED) is 0.130. The van der Waals surface area contributed by atoms with Crippen LogP contribution in [0.1, 0.15) is 75.9 Å². The van der Waals surface area contributed by atoms with E-state index >= 15 is 0 Å². The van der Waals surface area contributed by atoms with Crippen molar-refractivity contribution in [3.05, 3.63) is 117 Å². The fraction of sp³-hybridized carbons (Fsp3) is 0.293. The van der Waals surface area contributed by atoms with Crippen molar-refractivity contribution in [2.75, 3.05) is 21.8 Å². The van der Waals surface area contributed by atoms with Crippen LogP contribution in [-0.2, 0) is 20.4 Å². The Morgan fingerprint density at radius 1 is 0.855 bits per heavy atom. The van der Waals surface area contributed by atoms with Crippen molar-refractivity contribution in [3.8, 4) is 5.75 Å². The van der Waals surface area contributed by atoms with Gasteiger partial charge in [0.2, 0.25) is 0 Å². The molecule has 4 aromatic carbocycles. The van der Waals surface area contributed by atoms with Gasteiger partial charge in [0.25, 0.3) is 17.7 Å². The molecule has 0 saturated heterocycles. The maximum atomic E-state index is 14.0. The van der Waals surface area contributed by atoms with E-state index in [1.807, 2.05) is 12.1 Å². The fourth-order valence-corrected chi connectivity index (χ4v) is 6.87. The molecule has 4 amide bonds. The average molecular weight is 807 g/mol. The van der Waals surface area contributed by atoms with Gasteiger partial charge in [0.1, 0.15) is 11.4 Å². The number of halogens is 3. The lowest BCUT2D eigenvalue weighted by atomic mass is 9.76. The highest BCUT2D eigenvalue weighted by Gasteiger charge is 2.46. The summed E-state index contributed by atoms with van der Waals surface area (Å²) in [5.74, 6) is -1.74. The first-order valence-electron chi connectivity index (χ1n) is 17.6. The summed E-state index contributed by atoms with van der Waals surface area (Å²) >= 11 is 18.9. The highest BCUT2D eigenvalue weighted by Crippen LogP contribution is 2.40. The van der Waals surface area contributed by atoms with Gasteiger partial charge in [0.05, 0.1) is 10.0 Å².